The zero-order valence-electron chi connectivity index (χ0n) is 14.0. The van der Waals surface area contributed by atoms with E-state index in [0.29, 0.717) is 32.6 Å². The van der Waals surface area contributed by atoms with Crippen molar-refractivity contribution in [3.63, 3.8) is 0 Å². The third kappa shape index (κ3) is 3.59. The van der Waals surface area contributed by atoms with Crippen molar-refractivity contribution in [1.29, 1.82) is 0 Å². The van der Waals surface area contributed by atoms with Gasteiger partial charge in [-0.25, -0.2) is 8.78 Å². The number of likely N-dealkylation sites (tertiary alicyclic amines) is 2. The smallest absolute Gasteiger partial charge is 0.219 e. The van der Waals surface area contributed by atoms with Crippen LogP contribution in [0.4, 0.5) is 8.78 Å². The van der Waals surface area contributed by atoms with Crippen molar-refractivity contribution < 1.29 is 18.7 Å². The monoisotopic (exact) mass is 338 g/mol. The predicted octanol–water partition coefficient (Wildman–Crippen LogP) is 2.16. The third-order valence-corrected chi connectivity index (χ3v) is 5.43. The van der Waals surface area contributed by atoms with Gasteiger partial charge in [0.2, 0.25) is 5.91 Å². The Morgan fingerprint density at radius 2 is 1.92 bits per heavy atom. The van der Waals surface area contributed by atoms with Crippen LogP contribution in [0.3, 0.4) is 0 Å². The number of hydrogen-bond acceptors (Lipinski definition) is 3. The van der Waals surface area contributed by atoms with E-state index < -0.39 is 17.7 Å². The number of rotatable bonds is 2. The number of amides is 1. The van der Waals surface area contributed by atoms with Crippen molar-refractivity contribution in [2.75, 3.05) is 26.2 Å². The Balaban J connectivity index is 1.64. The summed E-state index contributed by atoms with van der Waals surface area (Å²) in [7, 11) is 0. The van der Waals surface area contributed by atoms with Gasteiger partial charge in [0, 0.05) is 32.1 Å². The van der Waals surface area contributed by atoms with E-state index in [1.165, 1.54) is 25.1 Å². The zero-order valence-corrected chi connectivity index (χ0v) is 14.0. The highest BCUT2D eigenvalue weighted by molar-refractivity contribution is 5.73. The van der Waals surface area contributed by atoms with Crippen molar-refractivity contribution in [2.24, 2.45) is 5.41 Å². The Morgan fingerprint density at radius 1 is 1.29 bits per heavy atom. The minimum absolute atomic E-state index is 0.0102. The molecule has 1 atom stereocenters. The summed E-state index contributed by atoms with van der Waals surface area (Å²) in [6.45, 7) is 4.29. The first-order valence-corrected chi connectivity index (χ1v) is 8.47. The molecule has 1 amide bonds. The van der Waals surface area contributed by atoms with Crippen LogP contribution < -0.4 is 0 Å². The molecular formula is C18H24F2N2O2. The molecule has 1 unspecified atom stereocenters. The van der Waals surface area contributed by atoms with E-state index in [4.69, 9.17) is 0 Å². The van der Waals surface area contributed by atoms with Gasteiger partial charge < -0.3 is 10.0 Å². The molecule has 2 aliphatic heterocycles. The summed E-state index contributed by atoms with van der Waals surface area (Å²) in [5, 5.41) is 10.1. The minimum Gasteiger partial charge on any atom is -0.391 e. The molecule has 4 nitrogen and oxygen atoms in total. The lowest BCUT2D eigenvalue weighted by Gasteiger charge is -2.49. The molecule has 0 bridgehead atoms. The number of benzene rings is 1. The van der Waals surface area contributed by atoms with Gasteiger partial charge >= 0.3 is 0 Å². The molecule has 6 heteroatoms. The molecule has 24 heavy (non-hydrogen) atoms. The summed E-state index contributed by atoms with van der Waals surface area (Å²) in [4.78, 5) is 15.4. The normalized spacial score (nSPS) is 24.3. The second-order valence-corrected chi connectivity index (χ2v) is 7.23. The summed E-state index contributed by atoms with van der Waals surface area (Å²) >= 11 is 0. The van der Waals surface area contributed by atoms with Gasteiger partial charge in [-0.1, -0.05) is 6.07 Å². The number of β-amino-alcohol motifs (C(OH)–C–C–N with tert-alkyl or cyclic N) is 1. The molecule has 1 aromatic carbocycles. The van der Waals surface area contributed by atoms with Crippen LogP contribution in [0.2, 0.25) is 0 Å². The quantitative estimate of drug-likeness (QED) is 0.899. The lowest BCUT2D eigenvalue weighted by atomic mass is 9.71. The largest absolute Gasteiger partial charge is 0.391 e. The molecule has 1 aromatic rings. The van der Waals surface area contributed by atoms with E-state index in [1.54, 1.807) is 4.90 Å². The van der Waals surface area contributed by atoms with Gasteiger partial charge in [-0.05, 0) is 49.9 Å². The Morgan fingerprint density at radius 3 is 2.50 bits per heavy atom. The maximum atomic E-state index is 13.8. The fraction of sp³-hybridized carbons (Fsp3) is 0.611. The van der Waals surface area contributed by atoms with Crippen LogP contribution in [-0.2, 0) is 11.3 Å². The molecule has 132 valence electrons. The molecule has 2 aliphatic rings. The average Bonchev–Trinajstić information content (AvgIpc) is 2.52. The zero-order chi connectivity index (χ0) is 17.3. The first-order valence-electron chi connectivity index (χ1n) is 8.47. The molecular weight excluding hydrogens is 314 g/mol. The van der Waals surface area contributed by atoms with E-state index in [0.717, 1.165) is 12.8 Å². The lowest BCUT2D eigenvalue weighted by Crippen LogP contribution is -2.54. The van der Waals surface area contributed by atoms with Crippen LogP contribution in [0.1, 0.15) is 31.7 Å². The van der Waals surface area contributed by atoms with Gasteiger partial charge in [0.25, 0.3) is 0 Å². The summed E-state index contributed by atoms with van der Waals surface area (Å²) in [6.07, 6.45) is 1.85. The Bertz CT molecular complexity index is 595. The Hall–Kier alpha value is -1.53. The Kier molecular flexibility index (Phi) is 4.88. The Labute approximate surface area is 141 Å². The summed E-state index contributed by atoms with van der Waals surface area (Å²) in [5.41, 5.74) is 0.0376. The van der Waals surface area contributed by atoms with Crippen LogP contribution in [0, 0.1) is 17.0 Å². The fourth-order valence-electron chi connectivity index (χ4n) is 4.05. The van der Waals surface area contributed by atoms with Gasteiger partial charge in [0.15, 0.2) is 0 Å². The van der Waals surface area contributed by atoms with Gasteiger partial charge in [-0.15, -0.1) is 0 Å². The minimum atomic E-state index is -0.508. The van der Waals surface area contributed by atoms with Gasteiger partial charge in [-0.3, -0.25) is 9.69 Å². The number of halogens is 2. The number of nitrogens with zero attached hydrogens (tertiary/aromatic N) is 2. The topological polar surface area (TPSA) is 43.8 Å². The van der Waals surface area contributed by atoms with Gasteiger partial charge in [0.1, 0.15) is 11.6 Å². The van der Waals surface area contributed by atoms with Crippen molar-refractivity contribution in [3.8, 4) is 0 Å². The van der Waals surface area contributed by atoms with Gasteiger partial charge in [-0.2, -0.15) is 0 Å². The van der Waals surface area contributed by atoms with E-state index in [9.17, 15) is 18.7 Å². The second-order valence-electron chi connectivity index (χ2n) is 7.23. The van der Waals surface area contributed by atoms with Gasteiger partial charge in [0.05, 0.1) is 6.10 Å². The van der Waals surface area contributed by atoms with E-state index >= 15 is 0 Å². The van der Waals surface area contributed by atoms with Crippen molar-refractivity contribution >= 4 is 5.91 Å². The molecule has 0 aliphatic carbocycles. The van der Waals surface area contributed by atoms with Crippen molar-refractivity contribution in [1.82, 2.24) is 9.80 Å². The van der Waals surface area contributed by atoms with Crippen LogP contribution in [-0.4, -0.2) is 53.1 Å². The molecule has 0 aromatic heterocycles. The maximum absolute atomic E-state index is 13.8. The highest BCUT2D eigenvalue weighted by Crippen LogP contribution is 2.40. The summed E-state index contributed by atoms with van der Waals surface area (Å²) in [5.74, 6) is -1.03. The standard InChI is InChI=1S/C18H24F2N2O2/c1-13(23)22-10-14(24)9-18(12-22)5-7-21(8-6-18)11-15-16(19)3-2-4-17(15)20/h2-4,14,24H,5-12H2,1H3. The van der Waals surface area contributed by atoms with E-state index in [1.807, 2.05) is 4.90 Å². The molecule has 3 rings (SSSR count). The highest BCUT2D eigenvalue weighted by Gasteiger charge is 2.42. The van der Waals surface area contributed by atoms with E-state index in [-0.39, 0.29) is 23.4 Å². The first-order chi connectivity index (χ1) is 11.4. The number of aliphatic hydroxyl groups excluding tert-OH is 1. The second kappa shape index (κ2) is 6.76. The average molecular weight is 338 g/mol. The number of carbonyl (C=O) groups is 1. The SMILES string of the molecule is CC(=O)N1CC(O)CC2(CCN(Cc3c(F)cccc3F)CC2)C1. The van der Waals surface area contributed by atoms with Crippen molar-refractivity contribution in [2.45, 2.75) is 38.8 Å². The van der Waals surface area contributed by atoms with Crippen LogP contribution >= 0.6 is 0 Å². The van der Waals surface area contributed by atoms with Crippen LogP contribution in [0.5, 0.6) is 0 Å². The number of aliphatic hydroxyl groups is 1. The number of hydrogen-bond donors (Lipinski definition) is 1. The molecule has 2 saturated heterocycles. The molecule has 1 N–H and O–H groups in total. The molecule has 2 heterocycles. The molecule has 0 saturated carbocycles. The fourth-order valence-corrected chi connectivity index (χ4v) is 4.05. The van der Waals surface area contributed by atoms with Crippen LogP contribution in [0.25, 0.3) is 0 Å². The summed E-state index contributed by atoms with van der Waals surface area (Å²) in [6, 6.07) is 3.94. The lowest BCUT2D eigenvalue weighted by molar-refractivity contribution is -0.138. The molecule has 1 spiro atoms. The first kappa shape index (κ1) is 17.3. The summed E-state index contributed by atoms with van der Waals surface area (Å²) < 4.78 is 27.6. The van der Waals surface area contributed by atoms with Crippen molar-refractivity contribution in [3.05, 3.63) is 35.4 Å². The maximum Gasteiger partial charge on any atom is 0.219 e. The predicted molar refractivity (Wildman–Crippen MR) is 86.2 cm³/mol. The molecule has 2 fully saturated rings. The highest BCUT2D eigenvalue weighted by atomic mass is 19.1. The number of carbonyl (C=O) groups excluding carboxylic acids is 1. The molecule has 0 radical (unpaired) electrons. The van der Waals surface area contributed by atoms with E-state index in [2.05, 4.69) is 0 Å². The van der Waals surface area contributed by atoms with Crippen LogP contribution in [0.15, 0.2) is 18.2 Å². The third-order valence-electron chi connectivity index (χ3n) is 5.43. The number of piperidine rings is 2.